The van der Waals surface area contributed by atoms with E-state index >= 15 is 0 Å². The van der Waals surface area contributed by atoms with Crippen LogP contribution in [0.25, 0.3) is 0 Å². The predicted octanol–water partition coefficient (Wildman–Crippen LogP) is 4.36. The highest BCUT2D eigenvalue weighted by Crippen LogP contribution is 2.39. The quantitative estimate of drug-likeness (QED) is 0.761. The Morgan fingerprint density at radius 3 is 2.42 bits per heavy atom. The van der Waals surface area contributed by atoms with E-state index in [1.54, 1.807) is 14.2 Å². The second-order valence-electron chi connectivity index (χ2n) is 4.31. The van der Waals surface area contributed by atoms with Gasteiger partial charge in [-0.3, -0.25) is 0 Å². The van der Waals surface area contributed by atoms with Crippen LogP contribution in [0.2, 0.25) is 5.02 Å². The summed E-state index contributed by atoms with van der Waals surface area (Å²) in [7, 11) is 3.17. The summed E-state index contributed by atoms with van der Waals surface area (Å²) >= 11 is 6.32. The number of halogens is 2. The van der Waals surface area contributed by atoms with Gasteiger partial charge in [-0.1, -0.05) is 43.9 Å². The van der Waals surface area contributed by atoms with Crippen molar-refractivity contribution in [1.29, 1.82) is 0 Å². The van der Waals surface area contributed by atoms with Gasteiger partial charge in [0.2, 0.25) is 0 Å². The summed E-state index contributed by atoms with van der Waals surface area (Å²) in [5.74, 6) is 1.19. The maximum Gasteiger partial charge on any atom is 0.179 e. The van der Waals surface area contributed by atoms with Gasteiger partial charge in [0, 0.05) is 6.04 Å². The molecule has 19 heavy (non-hydrogen) atoms. The molecule has 1 aromatic rings. The molecule has 0 unspecified atom stereocenters. The van der Waals surface area contributed by atoms with Crippen LogP contribution in [0.1, 0.15) is 44.2 Å². The summed E-state index contributed by atoms with van der Waals surface area (Å²) in [5.41, 5.74) is 7.09. The van der Waals surface area contributed by atoms with Crippen LogP contribution in [0.15, 0.2) is 12.1 Å². The molecule has 3 nitrogen and oxygen atoms in total. The molecular formula is C14H23Cl2NO2. The Morgan fingerprint density at radius 1 is 1.21 bits per heavy atom. The van der Waals surface area contributed by atoms with Gasteiger partial charge in [0.05, 0.1) is 19.2 Å². The molecule has 110 valence electrons. The number of rotatable bonds is 7. The molecule has 5 heteroatoms. The van der Waals surface area contributed by atoms with E-state index in [0.717, 1.165) is 18.4 Å². The van der Waals surface area contributed by atoms with E-state index in [4.69, 9.17) is 26.8 Å². The van der Waals surface area contributed by atoms with E-state index < -0.39 is 0 Å². The van der Waals surface area contributed by atoms with Crippen LogP contribution in [0.5, 0.6) is 11.5 Å². The molecule has 0 heterocycles. The predicted molar refractivity (Wildman–Crippen MR) is 82.9 cm³/mol. The third kappa shape index (κ3) is 4.75. The first-order valence-corrected chi connectivity index (χ1v) is 6.69. The van der Waals surface area contributed by atoms with Crippen LogP contribution in [0.4, 0.5) is 0 Å². The van der Waals surface area contributed by atoms with Gasteiger partial charge in [-0.25, -0.2) is 0 Å². The van der Waals surface area contributed by atoms with Crippen LogP contribution < -0.4 is 15.2 Å². The summed E-state index contributed by atoms with van der Waals surface area (Å²) < 4.78 is 10.5. The summed E-state index contributed by atoms with van der Waals surface area (Å²) in [5, 5.41) is 0.556. The van der Waals surface area contributed by atoms with Crippen molar-refractivity contribution in [1.82, 2.24) is 0 Å². The summed E-state index contributed by atoms with van der Waals surface area (Å²) in [6, 6.07) is 3.71. The van der Waals surface area contributed by atoms with E-state index in [-0.39, 0.29) is 18.4 Å². The van der Waals surface area contributed by atoms with Gasteiger partial charge < -0.3 is 15.2 Å². The van der Waals surface area contributed by atoms with Crippen molar-refractivity contribution in [3.63, 3.8) is 0 Å². The van der Waals surface area contributed by atoms with E-state index in [0.29, 0.717) is 16.5 Å². The monoisotopic (exact) mass is 307 g/mol. The second-order valence-corrected chi connectivity index (χ2v) is 4.68. The van der Waals surface area contributed by atoms with Gasteiger partial charge in [-0.2, -0.15) is 0 Å². The molecule has 0 saturated carbocycles. The van der Waals surface area contributed by atoms with Crippen LogP contribution >= 0.6 is 24.0 Å². The molecule has 0 amide bonds. The SMILES string of the molecule is CCCCC[C@@H](N)c1ccc(OC)c(OC)c1Cl.Cl. The zero-order valence-corrected chi connectivity index (χ0v) is 13.3. The fraction of sp³-hybridized carbons (Fsp3) is 0.571. The highest BCUT2D eigenvalue weighted by atomic mass is 35.5. The van der Waals surface area contributed by atoms with E-state index in [9.17, 15) is 0 Å². The largest absolute Gasteiger partial charge is 0.493 e. The molecule has 0 bridgehead atoms. The van der Waals surface area contributed by atoms with Crippen LogP contribution in [-0.4, -0.2) is 14.2 Å². The molecule has 0 aliphatic rings. The Hall–Kier alpha value is -0.640. The number of benzene rings is 1. The minimum absolute atomic E-state index is 0. The van der Waals surface area contributed by atoms with Gasteiger partial charge in [0.1, 0.15) is 0 Å². The topological polar surface area (TPSA) is 44.5 Å². The number of methoxy groups -OCH3 is 2. The van der Waals surface area contributed by atoms with Crippen molar-refractivity contribution in [2.45, 2.75) is 38.6 Å². The maximum atomic E-state index is 6.32. The van der Waals surface area contributed by atoms with Crippen LogP contribution in [0, 0.1) is 0 Å². The minimum atomic E-state index is -0.0520. The molecule has 0 aliphatic heterocycles. The molecule has 1 aromatic carbocycles. The fourth-order valence-electron chi connectivity index (χ4n) is 1.96. The normalized spacial score (nSPS) is 11.6. The Morgan fingerprint density at radius 2 is 1.89 bits per heavy atom. The van der Waals surface area contributed by atoms with Crippen molar-refractivity contribution in [2.75, 3.05) is 14.2 Å². The summed E-state index contributed by atoms with van der Waals surface area (Å²) in [6.45, 7) is 2.18. The van der Waals surface area contributed by atoms with Crippen LogP contribution in [0.3, 0.4) is 0 Å². The lowest BCUT2D eigenvalue weighted by molar-refractivity contribution is 0.354. The molecule has 0 radical (unpaired) electrons. The first-order chi connectivity index (χ1) is 8.65. The molecule has 0 spiro atoms. The summed E-state index contributed by atoms with van der Waals surface area (Å²) in [6.07, 6.45) is 4.43. The van der Waals surface area contributed by atoms with Crippen molar-refractivity contribution >= 4 is 24.0 Å². The average Bonchev–Trinajstić information content (AvgIpc) is 2.38. The van der Waals surface area contributed by atoms with Crippen LogP contribution in [-0.2, 0) is 0 Å². The van der Waals surface area contributed by atoms with E-state index in [1.807, 2.05) is 12.1 Å². The molecule has 2 N–H and O–H groups in total. The van der Waals surface area contributed by atoms with Gasteiger partial charge in [0.15, 0.2) is 11.5 Å². The van der Waals surface area contributed by atoms with Gasteiger partial charge in [-0.05, 0) is 18.1 Å². The first-order valence-electron chi connectivity index (χ1n) is 6.31. The molecule has 0 aromatic heterocycles. The van der Waals surface area contributed by atoms with Crippen molar-refractivity contribution in [3.05, 3.63) is 22.7 Å². The zero-order valence-electron chi connectivity index (χ0n) is 11.7. The fourth-order valence-corrected chi connectivity index (χ4v) is 2.33. The number of nitrogens with two attached hydrogens (primary N) is 1. The minimum Gasteiger partial charge on any atom is -0.493 e. The lowest BCUT2D eigenvalue weighted by Gasteiger charge is -2.17. The highest BCUT2D eigenvalue weighted by molar-refractivity contribution is 6.33. The molecule has 0 saturated heterocycles. The lowest BCUT2D eigenvalue weighted by atomic mass is 10.0. The Balaban J connectivity index is 0.00000324. The van der Waals surface area contributed by atoms with Crippen molar-refractivity contribution in [3.8, 4) is 11.5 Å². The van der Waals surface area contributed by atoms with E-state index in [1.165, 1.54) is 12.8 Å². The zero-order chi connectivity index (χ0) is 13.5. The van der Waals surface area contributed by atoms with Crippen molar-refractivity contribution in [2.24, 2.45) is 5.73 Å². The molecule has 0 fully saturated rings. The third-order valence-corrected chi connectivity index (χ3v) is 3.42. The summed E-state index contributed by atoms with van der Waals surface area (Å²) in [4.78, 5) is 0. The number of ether oxygens (including phenoxy) is 2. The molecule has 1 rings (SSSR count). The van der Waals surface area contributed by atoms with Gasteiger partial charge in [0.25, 0.3) is 0 Å². The number of unbranched alkanes of at least 4 members (excludes halogenated alkanes) is 2. The molecule has 0 aliphatic carbocycles. The number of hydrogen-bond acceptors (Lipinski definition) is 3. The second kappa shape index (κ2) is 9.29. The van der Waals surface area contributed by atoms with Gasteiger partial charge >= 0.3 is 0 Å². The molecular weight excluding hydrogens is 285 g/mol. The Bertz CT molecular complexity index is 386. The smallest absolute Gasteiger partial charge is 0.179 e. The number of hydrogen-bond donors (Lipinski definition) is 1. The Kier molecular flexibility index (Phi) is 8.98. The first kappa shape index (κ1) is 18.4. The highest BCUT2D eigenvalue weighted by Gasteiger charge is 2.17. The lowest BCUT2D eigenvalue weighted by Crippen LogP contribution is -2.11. The molecule has 1 atom stereocenters. The van der Waals surface area contributed by atoms with E-state index in [2.05, 4.69) is 6.92 Å². The average molecular weight is 308 g/mol. The Labute approximate surface area is 126 Å². The maximum absolute atomic E-state index is 6.32. The third-order valence-electron chi connectivity index (χ3n) is 3.03. The van der Waals surface area contributed by atoms with Gasteiger partial charge in [-0.15, -0.1) is 12.4 Å². The van der Waals surface area contributed by atoms with Crippen molar-refractivity contribution < 1.29 is 9.47 Å². The standard InChI is InChI=1S/C14H22ClNO2.ClH/c1-4-5-6-7-11(16)10-8-9-12(17-2)14(18-3)13(10)15;/h8-9,11H,4-7,16H2,1-3H3;1H/t11-;/m1./s1.